The van der Waals surface area contributed by atoms with E-state index in [1.54, 1.807) is 36.4 Å². The highest BCUT2D eigenvalue weighted by Crippen LogP contribution is 2.22. The molecule has 0 aliphatic carbocycles. The number of rotatable bonds is 11. The van der Waals surface area contributed by atoms with Crippen LogP contribution in [-0.2, 0) is 28.0 Å². The number of hydrogen-bond donors (Lipinski definition) is 1. The van der Waals surface area contributed by atoms with E-state index in [0.29, 0.717) is 36.8 Å². The van der Waals surface area contributed by atoms with Crippen LogP contribution in [-0.4, -0.2) is 33.7 Å². The maximum Gasteiger partial charge on any atom is 0.261 e. The Kier molecular flexibility index (Phi) is 8.70. The molecule has 9 heteroatoms. The second-order valence-electron chi connectivity index (χ2n) is 8.02. The monoisotopic (exact) mass is 500 g/mol. The number of anilines is 1. The summed E-state index contributed by atoms with van der Waals surface area (Å²) in [5.41, 5.74) is 2.27. The highest BCUT2D eigenvalue weighted by Gasteiger charge is 2.19. The van der Waals surface area contributed by atoms with Gasteiger partial charge < -0.3 is 14.8 Å². The Bertz CT molecular complexity index is 1210. The molecule has 0 spiro atoms. The summed E-state index contributed by atoms with van der Waals surface area (Å²) in [4.78, 5) is 12.6. The first-order valence-corrected chi connectivity index (χ1v) is 12.9. The molecule has 186 valence electrons. The van der Waals surface area contributed by atoms with Gasteiger partial charge in [0.1, 0.15) is 23.9 Å². The van der Waals surface area contributed by atoms with Crippen molar-refractivity contribution in [3.8, 4) is 11.5 Å². The van der Waals surface area contributed by atoms with Crippen LogP contribution in [0.2, 0.25) is 0 Å². The van der Waals surface area contributed by atoms with Crippen LogP contribution in [0.5, 0.6) is 11.5 Å². The van der Waals surface area contributed by atoms with Gasteiger partial charge in [0.15, 0.2) is 6.10 Å². The van der Waals surface area contributed by atoms with Crippen molar-refractivity contribution in [2.45, 2.75) is 32.6 Å². The smallest absolute Gasteiger partial charge is 0.261 e. The lowest BCUT2D eigenvalue weighted by Gasteiger charge is -2.19. The van der Waals surface area contributed by atoms with Crippen LogP contribution < -0.4 is 19.1 Å². The third kappa shape index (κ3) is 7.71. The van der Waals surface area contributed by atoms with Crippen molar-refractivity contribution >= 4 is 21.6 Å². The minimum absolute atomic E-state index is 0.249. The molecule has 1 atom stereocenters. The van der Waals surface area contributed by atoms with Crippen molar-refractivity contribution in [3.05, 3.63) is 89.7 Å². The number of nitrogens with one attached hydrogen (secondary N) is 1. The SMILES string of the molecule is CC[C@H](Oc1ccc(N(C)S(C)(=O)=O)cc1)C(=O)NCc1ccc(OCc2ccc(F)cc2)cc1. The van der Waals surface area contributed by atoms with Gasteiger partial charge in [0.25, 0.3) is 5.91 Å². The molecule has 0 saturated carbocycles. The van der Waals surface area contributed by atoms with E-state index in [-0.39, 0.29) is 11.7 Å². The lowest BCUT2D eigenvalue weighted by molar-refractivity contribution is -0.128. The Labute approximate surface area is 205 Å². The van der Waals surface area contributed by atoms with Gasteiger partial charge in [0.05, 0.1) is 11.9 Å². The molecular weight excluding hydrogens is 471 g/mol. The number of halogens is 1. The zero-order valence-electron chi connectivity index (χ0n) is 19.9. The van der Waals surface area contributed by atoms with E-state index in [1.807, 2.05) is 31.2 Å². The molecule has 0 aromatic heterocycles. The number of nitrogens with zero attached hydrogens (tertiary/aromatic N) is 1. The minimum Gasteiger partial charge on any atom is -0.489 e. The number of carbonyl (C=O) groups is 1. The fraction of sp³-hybridized carbons (Fsp3) is 0.269. The van der Waals surface area contributed by atoms with Crippen molar-refractivity contribution < 1.29 is 27.1 Å². The zero-order valence-corrected chi connectivity index (χ0v) is 20.7. The topological polar surface area (TPSA) is 84.9 Å². The van der Waals surface area contributed by atoms with Crippen LogP contribution in [0.15, 0.2) is 72.8 Å². The van der Waals surface area contributed by atoms with Crippen molar-refractivity contribution in [2.75, 3.05) is 17.6 Å². The first-order chi connectivity index (χ1) is 16.7. The van der Waals surface area contributed by atoms with Crippen molar-refractivity contribution in [2.24, 2.45) is 0 Å². The predicted molar refractivity (Wildman–Crippen MR) is 133 cm³/mol. The summed E-state index contributed by atoms with van der Waals surface area (Å²) in [6.45, 7) is 2.51. The van der Waals surface area contributed by atoms with Gasteiger partial charge in [-0.1, -0.05) is 31.2 Å². The molecule has 0 bridgehead atoms. The maximum absolute atomic E-state index is 13.0. The predicted octanol–water partition coefficient (Wildman–Crippen LogP) is 4.27. The molecule has 0 aliphatic heterocycles. The highest BCUT2D eigenvalue weighted by atomic mass is 32.2. The van der Waals surface area contributed by atoms with Crippen LogP contribution >= 0.6 is 0 Å². The largest absolute Gasteiger partial charge is 0.489 e. The zero-order chi connectivity index (χ0) is 25.4. The molecular formula is C26H29FN2O5S. The van der Waals surface area contributed by atoms with E-state index in [1.165, 1.54) is 23.5 Å². The number of ether oxygens (including phenoxy) is 2. The summed E-state index contributed by atoms with van der Waals surface area (Å²) in [6.07, 6.45) is 0.906. The molecule has 7 nitrogen and oxygen atoms in total. The summed E-state index contributed by atoms with van der Waals surface area (Å²) in [7, 11) is -1.89. The normalized spacial score (nSPS) is 12.0. The van der Waals surface area contributed by atoms with Crippen LogP contribution in [0.4, 0.5) is 10.1 Å². The summed E-state index contributed by atoms with van der Waals surface area (Å²) in [5, 5.41) is 2.87. The molecule has 1 N–H and O–H groups in total. The van der Waals surface area contributed by atoms with Crippen molar-refractivity contribution in [3.63, 3.8) is 0 Å². The van der Waals surface area contributed by atoms with E-state index in [0.717, 1.165) is 17.4 Å². The summed E-state index contributed by atoms with van der Waals surface area (Å²) in [5.74, 6) is 0.608. The van der Waals surface area contributed by atoms with E-state index >= 15 is 0 Å². The van der Waals surface area contributed by atoms with E-state index in [2.05, 4.69) is 5.32 Å². The van der Waals surface area contributed by atoms with E-state index < -0.39 is 16.1 Å². The molecule has 0 fully saturated rings. The third-order valence-electron chi connectivity index (χ3n) is 5.35. The molecule has 3 aromatic rings. The number of sulfonamides is 1. The molecule has 0 radical (unpaired) electrons. The second-order valence-corrected chi connectivity index (χ2v) is 10.0. The number of hydrogen-bond acceptors (Lipinski definition) is 5. The molecule has 0 aliphatic rings. The van der Waals surface area contributed by atoms with Crippen molar-refractivity contribution in [1.82, 2.24) is 5.32 Å². The average Bonchev–Trinajstić information content (AvgIpc) is 2.85. The molecule has 3 aromatic carbocycles. The number of carbonyl (C=O) groups excluding carboxylic acids is 1. The van der Waals surface area contributed by atoms with Gasteiger partial charge in [0, 0.05) is 13.6 Å². The third-order valence-corrected chi connectivity index (χ3v) is 6.55. The first kappa shape index (κ1) is 26.0. The Morgan fingerprint density at radius 3 is 2.09 bits per heavy atom. The Balaban J connectivity index is 1.49. The summed E-state index contributed by atoms with van der Waals surface area (Å²) >= 11 is 0. The van der Waals surface area contributed by atoms with Gasteiger partial charge in [0.2, 0.25) is 10.0 Å². The highest BCUT2D eigenvalue weighted by molar-refractivity contribution is 7.92. The van der Waals surface area contributed by atoms with E-state index in [4.69, 9.17) is 9.47 Å². The average molecular weight is 501 g/mol. The Morgan fingerprint density at radius 1 is 0.943 bits per heavy atom. The standard InChI is InChI=1S/C26H29FN2O5S/c1-4-25(34-24-15-11-22(12-16-24)29(2)35(3,31)32)26(30)28-17-19-7-13-23(14-8-19)33-18-20-5-9-21(27)10-6-20/h5-16,25H,4,17-18H2,1-3H3,(H,28,30)/t25-/m0/s1. The van der Waals surface area contributed by atoms with E-state index in [9.17, 15) is 17.6 Å². The molecule has 3 rings (SSSR count). The fourth-order valence-electron chi connectivity index (χ4n) is 3.17. The maximum atomic E-state index is 13.0. The van der Waals surface area contributed by atoms with Gasteiger partial charge >= 0.3 is 0 Å². The minimum atomic E-state index is -3.36. The summed E-state index contributed by atoms with van der Waals surface area (Å²) < 4.78 is 49.0. The quantitative estimate of drug-likeness (QED) is 0.425. The number of amides is 1. The molecule has 1 amide bonds. The first-order valence-electron chi connectivity index (χ1n) is 11.1. The van der Waals surface area contributed by atoms with Gasteiger partial charge in [-0.3, -0.25) is 9.10 Å². The fourth-order valence-corrected chi connectivity index (χ4v) is 3.67. The molecule has 0 saturated heterocycles. The molecule has 0 heterocycles. The Morgan fingerprint density at radius 2 is 1.51 bits per heavy atom. The van der Waals surface area contributed by atoms with Gasteiger partial charge in [-0.05, 0) is 66.1 Å². The van der Waals surface area contributed by atoms with Crippen LogP contribution in [0.3, 0.4) is 0 Å². The molecule has 35 heavy (non-hydrogen) atoms. The summed E-state index contributed by atoms with van der Waals surface area (Å²) in [6, 6.07) is 20.0. The Hall–Kier alpha value is -3.59. The van der Waals surface area contributed by atoms with Crippen LogP contribution in [0, 0.1) is 5.82 Å². The van der Waals surface area contributed by atoms with Gasteiger partial charge in [-0.25, -0.2) is 12.8 Å². The number of benzene rings is 3. The van der Waals surface area contributed by atoms with Crippen LogP contribution in [0.1, 0.15) is 24.5 Å². The van der Waals surface area contributed by atoms with Crippen molar-refractivity contribution in [1.29, 1.82) is 0 Å². The lowest BCUT2D eigenvalue weighted by Crippen LogP contribution is -2.37. The van der Waals surface area contributed by atoms with Gasteiger partial charge in [-0.2, -0.15) is 0 Å². The lowest BCUT2D eigenvalue weighted by atomic mass is 10.2. The van der Waals surface area contributed by atoms with Crippen LogP contribution in [0.25, 0.3) is 0 Å². The van der Waals surface area contributed by atoms with Gasteiger partial charge in [-0.15, -0.1) is 0 Å². The second kappa shape index (κ2) is 11.7. The molecule has 0 unspecified atom stereocenters.